The van der Waals surface area contributed by atoms with Crippen LogP contribution in [0.5, 0.6) is 0 Å². The van der Waals surface area contributed by atoms with Crippen molar-refractivity contribution >= 4 is 0 Å². The number of nitrogens with two attached hydrogens (primary N) is 3. The third-order valence-corrected chi connectivity index (χ3v) is 3.63. The van der Waals surface area contributed by atoms with E-state index in [9.17, 15) is 0 Å². The molecule has 0 aromatic carbocycles. The molecule has 0 aliphatic heterocycles. The van der Waals surface area contributed by atoms with Crippen LogP contribution in [0.4, 0.5) is 0 Å². The molecule has 3 nitrogen and oxygen atoms in total. The van der Waals surface area contributed by atoms with E-state index in [4.69, 9.17) is 17.2 Å². The highest BCUT2D eigenvalue weighted by molar-refractivity contribution is 5.32. The van der Waals surface area contributed by atoms with Gasteiger partial charge < -0.3 is 17.2 Å². The zero-order valence-electron chi connectivity index (χ0n) is 12.7. The Morgan fingerprint density at radius 2 is 1.68 bits per heavy atom. The van der Waals surface area contributed by atoms with Crippen LogP contribution in [0, 0.1) is 17.8 Å². The Labute approximate surface area is 117 Å². The first kappa shape index (κ1) is 17.4. The van der Waals surface area contributed by atoms with Gasteiger partial charge in [0.1, 0.15) is 0 Å². The SMILES string of the molecule is C=CC(C)C(C)/C(=C(\N)C(=C)N)C(C)C/C=C(/C)N. The van der Waals surface area contributed by atoms with Gasteiger partial charge in [-0.15, -0.1) is 6.58 Å². The Balaban J connectivity index is 5.42. The summed E-state index contributed by atoms with van der Waals surface area (Å²) in [4.78, 5) is 0. The van der Waals surface area contributed by atoms with E-state index < -0.39 is 0 Å². The largest absolute Gasteiger partial charge is 0.403 e. The second-order valence-corrected chi connectivity index (χ2v) is 5.36. The predicted molar refractivity (Wildman–Crippen MR) is 84.8 cm³/mol. The van der Waals surface area contributed by atoms with E-state index >= 15 is 0 Å². The van der Waals surface area contributed by atoms with E-state index in [-0.39, 0.29) is 11.8 Å². The van der Waals surface area contributed by atoms with Gasteiger partial charge in [0.25, 0.3) is 0 Å². The number of allylic oxidation sites excluding steroid dienone is 4. The smallest absolute Gasteiger partial charge is 0.0539 e. The van der Waals surface area contributed by atoms with Crippen molar-refractivity contribution in [1.29, 1.82) is 0 Å². The lowest BCUT2D eigenvalue weighted by atomic mass is 9.79. The van der Waals surface area contributed by atoms with Crippen LogP contribution in [0.15, 0.2) is 48.0 Å². The fourth-order valence-electron chi connectivity index (χ4n) is 2.12. The Hall–Kier alpha value is -1.64. The van der Waals surface area contributed by atoms with Gasteiger partial charge in [0.15, 0.2) is 0 Å². The van der Waals surface area contributed by atoms with Crippen LogP contribution < -0.4 is 17.2 Å². The lowest BCUT2D eigenvalue weighted by Crippen LogP contribution is -2.22. The van der Waals surface area contributed by atoms with Crippen molar-refractivity contribution in [2.45, 2.75) is 34.1 Å². The molecule has 108 valence electrons. The van der Waals surface area contributed by atoms with Gasteiger partial charge in [-0.2, -0.15) is 0 Å². The summed E-state index contributed by atoms with van der Waals surface area (Å²) in [5.41, 5.74) is 20.6. The average Bonchev–Trinajstić information content (AvgIpc) is 2.34. The van der Waals surface area contributed by atoms with Gasteiger partial charge in [-0.05, 0) is 36.7 Å². The molecule has 3 atom stereocenters. The van der Waals surface area contributed by atoms with Crippen LogP contribution >= 0.6 is 0 Å². The van der Waals surface area contributed by atoms with Crippen LogP contribution in [0.1, 0.15) is 34.1 Å². The van der Waals surface area contributed by atoms with Crippen molar-refractivity contribution < 1.29 is 0 Å². The first-order chi connectivity index (χ1) is 8.72. The highest BCUT2D eigenvalue weighted by atomic mass is 14.7. The highest BCUT2D eigenvalue weighted by Crippen LogP contribution is 2.31. The second-order valence-electron chi connectivity index (χ2n) is 5.36. The van der Waals surface area contributed by atoms with Crippen LogP contribution in [-0.2, 0) is 0 Å². The molecule has 3 heteroatoms. The molecule has 0 rings (SSSR count). The molecule has 0 spiro atoms. The van der Waals surface area contributed by atoms with E-state index in [2.05, 4.69) is 33.9 Å². The van der Waals surface area contributed by atoms with E-state index in [1.807, 2.05) is 19.1 Å². The topological polar surface area (TPSA) is 78.1 Å². The maximum absolute atomic E-state index is 6.13. The Morgan fingerprint density at radius 3 is 2.05 bits per heavy atom. The van der Waals surface area contributed by atoms with Crippen molar-refractivity contribution in [3.63, 3.8) is 0 Å². The molecule has 19 heavy (non-hydrogen) atoms. The first-order valence-corrected chi connectivity index (χ1v) is 6.71. The van der Waals surface area contributed by atoms with Crippen molar-refractivity contribution in [3.05, 3.63) is 48.0 Å². The fraction of sp³-hybridized carbons (Fsp3) is 0.500. The van der Waals surface area contributed by atoms with Crippen LogP contribution in [0.2, 0.25) is 0 Å². The quantitative estimate of drug-likeness (QED) is 0.488. The van der Waals surface area contributed by atoms with Crippen molar-refractivity contribution in [1.82, 2.24) is 0 Å². The summed E-state index contributed by atoms with van der Waals surface area (Å²) in [7, 11) is 0. The van der Waals surface area contributed by atoms with Gasteiger partial charge in [0.05, 0.1) is 5.70 Å². The molecular formula is C16H29N3. The van der Waals surface area contributed by atoms with Crippen molar-refractivity contribution in [2.24, 2.45) is 35.0 Å². The lowest BCUT2D eigenvalue weighted by Gasteiger charge is -2.27. The zero-order chi connectivity index (χ0) is 15.2. The van der Waals surface area contributed by atoms with Crippen molar-refractivity contribution in [2.75, 3.05) is 0 Å². The minimum absolute atomic E-state index is 0.274. The highest BCUT2D eigenvalue weighted by Gasteiger charge is 2.22. The zero-order valence-corrected chi connectivity index (χ0v) is 12.7. The molecular weight excluding hydrogens is 234 g/mol. The molecule has 0 fully saturated rings. The summed E-state index contributed by atoms with van der Waals surface area (Å²) in [6.07, 6.45) is 4.80. The molecule has 0 radical (unpaired) electrons. The maximum atomic E-state index is 6.13. The molecule has 0 aromatic heterocycles. The minimum Gasteiger partial charge on any atom is -0.403 e. The fourth-order valence-corrected chi connectivity index (χ4v) is 2.12. The standard InChI is InChI=1S/C16H29N3/c1-7-10(2)13(5)15(16(19)14(6)18)11(3)8-9-12(4)17/h7,9-11,13H,1,6,8,17-19H2,2-5H3/b12-9-,16-15-. The number of rotatable bonds is 7. The van der Waals surface area contributed by atoms with Gasteiger partial charge >= 0.3 is 0 Å². The van der Waals surface area contributed by atoms with Crippen LogP contribution in [-0.4, -0.2) is 0 Å². The monoisotopic (exact) mass is 263 g/mol. The van der Waals surface area contributed by atoms with E-state index in [1.165, 1.54) is 0 Å². The third-order valence-electron chi connectivity index (χ3n) is 3.63. The number of hydrogen-bond acceptors (Lipinski definition) is 3. The minimum atomic E-state index is 0.274. The number of hydrogen-bond donors (Lipinski definition) is 3. The first-order valence-electron chi connectivity index (χ1n) is 6.71. The molecule has 3 unspecified atom stereocenters. The average molecular weight is 263 g/mol. The predicted octanol–water partition coefficient (Wildman–Crippen LogP) is 3.02. The summed E-state index contributed by atoms with van der Waals surface area (Å²) >= 11 is 0. The summed E-state index contributed by atoms with van der Waals surface area (Å²) in [6.45, 7) is 15.9. The molecule has 0 aromatic rings. The summed E-state index contributed by atoms with van der Waals surface area (Å²) in [5.74, 6) is 0.883. The van der Waals surface area contributed by atoms with Gasteiger partial charge in [-0.25, -0.2) is 0 Å². The molecule has 0 saturated carbocycles. The Bertz CT molecular complexity index is 387. The van der Waals surface area contributed by atoms with Gasteiger partial charge in [-0.1, -0.05) is 39.5 Å². The summed E-state index contributed by atoms with van der Waals surface area (Å²) < 4.78 is 0. The van der Waals surface area contributed by atoms with E-state index in [0.29, 0.717) is 17.3 Å². The second kappa shape index (κ2) is 7.72. The molecule has 0 aliphatic rings. The van der Waals surface area contributed by atoms with Crippen molar-refractivity contribution in [3.8, 4) is 0 Å². The third kappa shape index (κ3) is 5.25. The Kier molecular flexibility index (Phi) is 7.05. The summed E-state index contributed by atoms with van der Waals surface area (Å²) in [6, 6.07) is 0. The van der Waals surface area contributed by atoms with Crippen LogP contribution in [0.3, 0.4) is 0 Å². The Morgan fingerprint density at radius 1 is 1.16 bits per heavy atom. The molecule has 0 bridgehead atoms. The molecule has 6 N–H and O–H groups in total. The molecule has 0 heterocycles. The van der Waals surface area contributed by atoms with E-state index in [1.54, 1.807) is 0 Å². The lowest BCUT2D eigenvalue weighted by molar-refractivity contribution is 0.465. The molecule has 0 aliphatic carbocycles. The molecule has 0 amide bonds. The van der Waals surface area contributed by atoms with Crippen LogP contribution in [0.25, 0.3) is 0 Å². The molecule has 0 saturated heterocycles. The van der Waals surface area contributed by atoms with Gasteiger partial charge in [0, 0.05) is 11.4 Å². The van der Waals surface area contributed by atoms with Gasteiger partial charge in [0.2, 0.25) is 0 Å². The van der Waals surface area contributed by atoms with Gasteiger partial charge in [-0.3, -0.25) is 0 Å². The normalized spacial score (nSPS) is 18.2. The van der Waals surface area contributed by atoms with E-state index in [0.717, 1.165) is 17.7 Å². The maximum Gasteiger partial charge on any atom is 0.0539 e. The summed E-state index contributed by atoms with van der Waals surface area (Å²) in [5, 5.41) is 0.